The molecular weight excluding hydrogens is 335 g/mol. The van der Waals surface area contributed by atoms with E-state index >= 15 is 0 Å². The first-order valence-corrected chi connectivity index (χ1v) is 7.88. The summed E-state index contributed by atoms with van der Waals surface area (Å²) in [5.74, 6) is 0.656. The molecular formula is C16H12Cl2N4O. The Labute approximate surface area is 142 Å². The van der Waals surface area contributed by atoms with Gasteiger partial charge < -0.3 is 9.88 Å². The molecule has 2 amide bonds. The summed E-state index contributed by atoms with van der Waals surface area (Å²) in [6, 6.07) is 12.6. The van der Waals surface area contributed by atoms with E-state index < -0.39 is 0 Å². The molecule has 1 aliphatic heterocycles. The van der Waals surface area contributed by atoms with Crippen LogP contribution >= 0.6 is 23.2 Å². The number of carbonyl (C=O) groups excluding carboxylic acids is 1. The fourth-order valence-corrected chi connectivity index (χ4v) is 3.04. The zero-order chi connectivity index (χ0) is 16.0. The predicted octanol–water partition coefficient (Wildman–Crippen LogP) is 4.40. The molecule has 116 valence electrons. The van der Waals surface area contributed by atoms with Gasteiger partial charge in [0.25, 0.3) is 0 Å². The average Bonchev–Trinajstić information content (AvgIpc) is 3.09. The molecule has 0 aliphatic carbocycles. The van der Waals surface area contributed by atoms with Crippen molar-refractivity contribution < 1.29 is 4.79 Å². The van der Waals surface area contributed by atoms with Gasteiger partial charge in [0.2, 0.25) is 5.95 Å². The zero-order valence-corrected chi connectivity index (χ0v) is 13.5. The van der Waals surface area contributed by atoms with Crippen molar-refractivity contribution in [3.05, 3.63) is 52.5 Å². The lowest BCUT2D eigenvalue weighted by atomic mass is 10.3. The topological polar surface area (TPSA) is 50.2 Å². The van der Waals surface area contributed by atoms with E-state index in [1.54, 1.807) is 23.1 Å². The van der Waals surface area contributed by atoms with E-state index in [9.17, 15) is 4.79 Å². The quantitative estimate of drug-likeness (QED) is 0.710. The van der Waals surface area contributed by atoms with Crippen LogP contribution in [0.15, 0.2) is 42.5 Å². The summed E-state index contributed by atoms with van der Waals surface area (Å²) in [5.41, 5.74) is 2.51. The van der Waals surface area contributed by atoms with Gasteiger partial charge in [0.05, 0.1) is 21.1 Å². The third kappa shape index (κ3) is 2.42. The Hall–Kier alpha value is -2.24. The number of benzene rings is 2. The maximum Gasteiger partial charge on any atom is 0.328 e. The van der Waals surface area contributed by atoms with Crippen molar-refractivity contribution in [1.29, 1.82) is 0 Å². The fraction of sp³-hybridized carbons (Fsp3) is 0.125. The number of imidazole rings is 1. The van der Waals surface area contributed by atoms with Crippen LogP contribution in [0.2, 0.25) is 10.0 Å². The first-order valence-electron chi connectivity index (χ1n) is 7.12. The number of urea groups is 1. The van der Waals surface area contributed by atoms with Gasteiger partial charge >= 0.3 is 6.03 Å². The van der Waals surface area contributed by atoms with Gasteiger partial charge in [-0.25, -0.2) is 9.78 Å². The molecule has 0 atom stereocenters. The van der Waals surface area contributed by atoms with Gasteiger partial charge in [-0.15, -0.1) is 0 Å². The Bertz CT molecular complexity index is 922. The van der Waals surface area contributed by atoms with Gasteiger partial charge in [-0.3, -0.25) is 4.90 Å². The summed E-state index contributed by atoms with van der Waals surface area (Å²) < 4.78 is 2.05. The molecule has 7 heteroatoms. The highest BCUT2D eigenvalue weighted by molar-refractivity contribution is 6.42. The van der Waals surface area contributed by atoms with E-state index in [1.165, 1.54) is 0 Å². The SMILES string of the molecule is O=C(Nc1ccc(Cl)c(Cl)c1)N1CCn2c1nc1ccccc12. The summed E-state index contributed by atoms with van der Waals surface area (Å²) in [4.78, 5) is 18.7. The van der Waals surface area contributed by atoms with Crippen molar-refractivity contribution in [2.75, 3.05) is 16.8 Å². The summed E-state index contributed by atoms with van der Waals surface area (Å²) >= 11 is 11.9. The standard InChI is InChI=1S/C16H12Cl2N4O/c17-11-6-5-10(9-12(11)18)19-16(23)22-8-7-21-14-4-2-1-3-13(14)20-15(21)22/h1-6,9H,7-8H2,(H,19,23). The lowest BCUT2D eigenvalue weighted by Crippen LogP contribution is -2.33. The molecule has 0 saturated heterocycles. The normalized spacial score (nSPS) is 13.4. The van der Waals surface area contributed by atoms with Gasteiger partial charge in [0.15, 0.2) is 0 Å². The summed E-state index contributed by atoms with van der Waals surface area (Å²) in [5, 5.41) is 3.68. The van der Waals surface area contributed by atoms with E-state index in [0.717, 1.165) is 17.6 Å². The second-order valence-corrected chi connectivity index (χ2v) is 6.08. The third-order valence-corrected chi connectivity index (χ3v) is 4.58. The first-order chi connectivity index (χ1) is 11.1. The highest BCUT2D eigenvalue weighted by atomic mass is 35.5. The van der Waals surface area contributed by atoms with Crippen LogP contribution in [0.3, 0.4) is 0 Å². The molecule has 4 rings (SSSR count). The van der Waals surface area contributed by atoms with Crippen molar-refractivity contribution in [3.8, 4) is 0 Å². The van der Waals surface area contributed by atoms with E-state index in [1.807, 2.05) is 28.8 Å². The van der Waals surface area contributed by atoms with Crippen LogP contribution < -0.4 is 10.2 Å². The highest BCUT2D eigenvalue weighted by Crippen LogP contribution is 2.29. The molecule has 1 aliphatic rings. The minimum atomic E-state index is -0.238. The predicted molar refractivity (Wildman–Crippen MR) is 92.6 cm³/mol. The van der Waals surface area contributed by atoms with E-state index in [-0.39, 0.29) is 6.03 Å². The van der Waals surface area contributed by atoms with Gasteiger partial charge in [0.1, 0.15) is 0 Å². The van der Waals surface area contributed by atoms with E-state index in [2.05, 4.69) is 10.3 Å². The number of fused-ring (bicyclic) bond motifs is 3. The third-order valence-electron chi connectivity index (χ3n) is 3.84. The zero-order valence-electron chi connectivity index (χ0n) is 12.0. The summed E-state index contributed by atoms with van der Waals surface area (Å²) in [7, 11) is 0. The van der Waals surface area contributed by atoms with Gasteiger partial charge in [0, 0.05) is 18.8 Å². The lowest BCUT2D eigenvalue weighted by Gasteiger charge is -2.15. The molecule has 1 N–H and O–H groups in total. The second kappa shape index (κ2) is 5.44. The molecule has 5 nitrogen and oxygen atoms in total. The Morgan fingerprint density at radius 2 is 1.91 bits per heavy atom. The Kier molecular flexibility index (Phi) is 3.39. The molecule has 23 heavy (non-hydrogen) atoms. The number of nitrogens with one attached hydrogen (secondary N) is 1. The number of aromatic nitrogens is 2. The monoisotopic (exact) mass is 346 g/mol. The second-order valence-electron chi connectivity index (χ2n) is 5.26. The summed E-state index contributed by atoms with van der Waals surface area (Å²) in [6.45, 7) is 1.31. The smallest absolute Gasteiger partial charge is 0.308 e. The number of carbonyl (C=O) groups is 1. The molecule has 0 spiro atoms. The number of nitrogens with zero attached hydrogens (tertiary/aromatic N) is 3. The van der Waals surface area contributed by atoms with Crippen molar-refractivity contribution in [2.24, 2.45) is 0 Å². The molecule has 0 unspecified atom stereocenters. The van der Waals surface area contributed by atoms with Crippen molar-refractivity contribution in [1.82, 2.24) is 9.55 Å². The van der Waals surface area contributed by atoms with Crippen molar-refractivity contribution in [3.63, 3.8) is 0 Å². The van der Waals surface area contributed by atoms with Crippen LogP contribution in [-0.2, 0) is 6.54 Å². The van der Waals surface area contributed by atoms with E-state index in [0.29, 0.717) is 28.2 Å². The molecule has 2 aromatic carbocycles. The van der Waals surface area contributed by atoms with E-state index in [4.69, 9.17) is 23.2 Å². The lowest BCUT2D eigenvalue weighted by molar-refractivity contribution is 0.257. The minimum absolute atomic E-state index is 0.238. The number of amides is 2. The minimum Gasteiger partial charge on any atom is -0.308 e. The van der Waals surface area contributed by atoms with Crippen LogP contribution in [0.5, 0.6) is 0 Å². The van der Waals surface area contributed by atoms with Crippen LogP contribution in [-0.4, -0.2) is 22.1 Å². The van der Waals surface area contributed by atoms with Crippen LogP contribution in [0.1, 0.15) is 0 Å². The maximum absolute atomic E-state index is 12.5. The highest BCUT2D eigenvalue weighted by Gasteiger charge is 2.28. The Morgan fingerprint density at radius 3 is 2.74 bits per heavy atom. The first kappa shape index (κ1) is 14.4. The number of rotatable bonds is 1. The average molecular weight is 347 g/mol. The van der Waals surface area contributed by atoms with Gasteiger partial charge in [-0.2, -0.15) is 0 Å². The molecule has 3 aromatic rings. The molecule has 0 bridgehead atoms. The van der Waals surface area contributed by atoms with Crippen molar-refractivity contribution in [2.45, 2.75) is 6.54 Å². The Morgan fingerprint density at radius 1 is 1.09 bits per heavy atom. The van der Waals surface area contributed by atoms with Crippen LogP contribution in [0.4, 0.5) is 16.4 Å². The molecule has 1 aromatic heterocycles. The largest absolute Gasteiger partial charge is 0.328 e. The molecule has 0 fully saturated rings. The molecule has 2 heterocycles. The van der Waals surface area contributed by atoms with Crippen molar-refractivity contribution >= 4 is 51.9 Å². The number of anilines is 2. The van der Waals surface area contributed by atoms with Crippen LogP contribution in [0.25, 0.3) is 11.0 Å². The maximum atomic E-state index is 12.5. The number of hydrogen-bond donors (Lipinski definition) is 1. The number of halogens is 2. The van der Waals surface area contributed by atoms with Crippen LogP contribution in [0, 0.1) is 0 Å². The Balaban J connectivity index is 1.62. The summed E-state index contributed by atoms with van der Waals surface area (Å²) in [6.07, 6.45) is 0. The van der Waals surface area contributed by atoms with Gasteiger partial charge in [-0.05, 0) is 30.3 Å². The number of hydrogen-bond acceptors (Lipinski definition) is 2. The molecule has 0 saturated carbocycles. The fourth-order valence-electron chi connectivity index (χ4n) is 2.75. The number of para-hydroxylation sites is 2. The molecule has 0 radical (unpaired) electrons. The van der Waals surface area contributed by atoms with Gasteiger partial charge in [-0.1, -0.05) is 35.3 Å².